The Morgan fingerprint density at radius 1 is 1.54 bits per heavy atom. The third kappa shape index (κ3) is 2.29. The fraction of sp³-hybridized carbons (Fsp3) is 0.200. The van der Waals surface area contributed by atoms with Crippen molar-refractivity contribution in [3.8, 4) is 5.75 Å². The lowest BCUT2D eigenvalue weighted by atomic mass is 10.2. The Balaban J connectivity index is 3.05. The third-order valence-corrected chi connectivity index (χ3v) is 1.60. The van der Waals surface area contributed by atoms with Gasteiger partial charge in [0, 0.05) is 5.56 Å². The van der Waals surface area contributed by atoms with Crippen molar-refractivity contribution in [1.82, 2.24) is 0 Å². The number of aliphatic hydroxyl groups is 1. The molecule has 3 heteroatoms. The summed E-state index contributed by atoms with van der Waals surface area (Å²) in [4.78, 5) is 0. The summed E-state index contributed by atoms with van der Waals surface area (Å²) in [5.41, 5.74) is 0.622. The lowest BCUT2D eigenvalue weighted by molar-refractivity contribution is 0.343. The van der Waals surface area contributed by atoms with Crippen molar-refractivity contribution >= 4 is 6.08 Å². The first-order chi connectivity index (χ1) is 6.29. The average molecular weight is 182 g/mol. The molecule has 0 atom stereocenters. The van der Waals surface area contributed by atoms with Crippen molar-refractivity contribution in [2.45, 2.75) is 0 Å². The number of benzene rings is 1. The van der Waals surface area contributed by atoms with Crippen molar-refractivity contribution in [2.75, 3.05) is 13.7 Å². The number of aliphatic hydroxyl groups excluding tert-OH is 1. The topological polar surface area (TPSA) is 29.5 Å². The number of hydrogen-bond donors (Lipinski definition) is 1. The maximum absolute atomic E-state index is 13.1. The van der Waals surface area contributed by atoms with Crippen LogP contribution in [-0.2, 0) is 0 Å². The Bertz CT molecular complexity index is 308. The highest BCUT2D eigenvalue weighted by Crippen LogP contribution is 2.22. The highest BCUT2D eigenvalue weighted by molar-refractivity contribution is 5.57. The van der Waals surface area contributed by atoms with E-state index in [2.05, 4.69) is 0 Å². The number of hydrogen-bond acceptors (Lipinski definition) is 2. The SMILES string of the molecule is COc1c(F)cccc1C=CCO. The molecule has 0 bridgehead atoms. The van der Waals surface area contributed by atoms with E-state index in [0.29, 0.717) is 5.56 Å². The number of para-hydroxylation sites is 1. The smallest absolute Gasteiger partial charge is 0.165 e. The minimum Gasteiger partial charge on any atom is -0.493 e. The van der Waals surface area contributed by atoms with Crippen LogP contribution in [0.1, 0.15) is 5.56 Å². The van der Waals surface area contributed by atoms with Crippen LogP contribution in [0, 0.1) is 5.82 Å². The minimum absolute atomic E-state index is 0.0698. The summed E-state index contributed by atoms with van der Waals surface area (Å²) in [6.45, 7) is -0.0698. The van der Waals surface area contributed by atoms with Gasteiger partial charge in [-0.15, -0.1) is 0 Å². The van der Waals surface area contributed by atoms with Gasteiger partial charge in [-0.1, -0.05) is 24.3 Å². The Kier molecular flexibility index (Phi) is 3.46. The van der Waals surface area contributed by atoms with Gasteiger partial charge in [-0.3, -0.25) is 0 Å². The van der Waals surface area contributed by atoms with Gasteiger partial charge in [-0.05, 0) is 6.07 Å². The summed E-state index contributed by atoms with van der Waals surface area (Å²) in [5, 5.41) is 8.54. The Labute approximate surface area is 76.3 Å². The Hall–Kier alpha value is -1.35. The van der Waals surface area contributed by atoms with Gasteiger partial charge in [-0.2, -0.15) is 0 Å². The van der Waals surface area contributed by atoms with Crippen LogP contribution in [-0.4, -0.2) is 18.8 Å². The number of ether oxygens (including phenoxy) is 1. The lowest BCUT2D eigenvalue weighted by Gasteiger charge is -2.04. The van der Waals surface area contributed by atoms with E-state index < -0.39 is 5.82 Å². The van der Waals surface area contributed by atoms with Crippen LogP contribution >= 0.6 is 0 Å². The van der Waals surface area contributed by atoms with E-state index in [1.807, 2.05) is 0 Å². The molecule has 0 fully saturated rings. The van der Waals surface area contributed by atoms with Crippen LogP contribution in [0.2, 0.25) is 0 Å². The summed E-state index contributed by atoms with van der Waals surface area (Å²) in [5.74, 6) is -0.199. The van der Waals surface area contributed by atoms with Gasteiger partial charge in [0.05, 0.1) is 13.7 Å². The molecule has 0 aliphatic rings. The quantitative estimate of drug-likeness (QED) is 0.772. The minimum atomic E-state index is -0.400. The summed E-state index contributed by atoms with van der Waals surface area (Å²) >= 11 is 0. The molecular weight excluding hydrogens is 171 g/mol. The van der Waals surface area contributed by atoms with Gasteiger partial charge in [0.15, 0.2) is 11.6 Å². The standard InChI is InChI=1S/C10H11FO2/c1-13-10-8(5-3-7-12)4-2-6-9(10)11/h2-6,12H,7H2,1H3. The Morgan fingerprint density at radius 3 is 2.92 bits per heavy atom. The predicted molar refractivity (Wildman–Crippen MR) is 49.1 cm³/mol. The second kappa shape index (κ2) is 4.62. The second-order valence-electron chi connectivity index (χ2n) is 2.45. The molecule has 1 aromatic rings. The van der Waals surface area contributed by atoms with Crippen LogP contribution < -0.4 is 4.74 Å². The van der Waals surface area contributed by atoms with E-state index in [-0.39, 0.29) is 12.4 Å². The highest BCUT2D eigenvalue weighted by Gasteiger charge is 2.04. The van der Waals surface area contributed by atoms with Crippen LogP contribution in [0.15, 0.2) is 24.3 Å². The molecule has 0 heterocycles. The molecule has 0 aromatic heterocycles. The molecule has 0 radical (unpaired) electrons. The molecule has 1 aromatic carbocycles. The van der Waals surface area contributed by atoms with E-state index >= 15 is 0 Å². The summed E-state index contributed by atoms with van der Waals surface area (Å²) < 4.78 is 17.9. The largest absolute Gasteiger partial charge is 0.493 e. The molecular formula is C10H11FO2. The highest BCUT2D eigenvalue weighted by atomic mass is 19.1. The number of rotatable bonds is 3. The third-order valence-electron chi connectivity index (χ3n) is 1.60. The molecule has 0 saturated carbocycles. The molecule has 0 saturated heterocycles. The van der Waals surface area contributed by atoms with Crippen molar-refractivity contribution < 1.29 is 14.2 Å². The molecule has 70 valence electrons. The molecule has 2 nitrogen and oxygen atoms in total. The van der Waals surface area contributed by atoms with Gasteiger partial charge in [0.2, 0.25) is 0 Å². The summed E-state index contributed by atoms with van der Waals surface area (Å²) in [6.07, 6.45) is 3.14. The van der Waals surface area contributed by atoms with Crippen LogP contribution in [0.4, 0.5) is 4.39 Å². The number of methoxy groups -OCH3 is 1. The zero-order valence-corrected chi connectivity index (χ0v) is 7.33. The number of halogens is 1. The fourth-order valence-electron chi connectivity index (χ4n) is 1.05. The van der Waals surface area contributed by atoms with Crippen molar-refractivity contribution in [2.24, 2.45) is 0 Å². The Morgan fingerprint density at radius 2 is 2.31 bits per heavy atom. The molecule has 1 rings (SSSR count). The summed E-state index contributed by atoms with van der Waals surface area (Å²) in [6, 6.07) is 4.64. The predicted octanol–water partition coefficient (Wildman–Crippen LogP) is 1.84. The van der Waals surface area contributed by atoms with Gasteiger partial charge in [-0.25, -0.2) is 4.39 Å². The van der Waals surface area contributed by atoms with Crippen molar-refractivity contribution in [3.05, 3.63) is 35.7 Å². The maximum Gasteiger partial charge on any atom is 0.165 e. The van der Waals surface area contributed by atoms with Crippen LogP contribution in [0.5, 0.6) is 5.75 Å². The van der Waals surface area contributed by atoms with E-state index in [4.69, 9.17) is 9.84 Å². The molecule has 0 amide bonds. The zero-order chi connectivity index (χ0) is 9.68. The monoisotopic (exact) mass is 182 g/mol. The first-order valence-electron chi connectivity index (χ1n) is 3.89. The molecule has 0 aliphatic heterocycles. The molecule has 0 spiro atoms. The van der Waals surface area contributed by atoms with Gasteiger partial charge < -0.3 is 9.84 Å². The van der Waals surface area contributed by atoms with Gasteiger partial charge in [0.1, 0.15) is 0 Å². The maximum atomic E-state index is 13.1. The fourth-order valence-corrected chi connectivity index (χ4v) is 1.05. The van der Waals surface area contributed by atoms with Crippen LogP contribution in [0.25, 0.3) is 6.08 Å². The normalized spacial score (nSPS) is 10.7. The van der Waals surface area contributed by atoms with Crippen molar-refractivity contribution in [3.63, 3.8) is 0 Å². The molecule has 13 heavy (non-hydrogen) atoms. The lowest BCUT2D eigenvalue weighted by Crippen LogP contribution is -1.90. The zero-order valence-electron chi connectivity index (χ0n) is 7.33. The summed E-state index contributed by atoms with van der Waals surface area (Å²) in [7, 11) is 1.41. The van der Waals surface area contributed by atoms with E-state index in [0.717, 1.165) is 0 Å². The van der Waals surface area contributed by atoms with Gasteiger partial charge in [0.25, 0.3) is 0 Å². The van der Waals surface area contributed by atoms with E-state index in [1.54, 1.807) is 18.2 Å². The second-order valence-corrected chi connectivity index (χ2v) is 2.45. The van der Waals surface area contributed by atoms with E-state index in [9.17, 15) is 4.39 Å². The first-order valence-corrected chi connectivity index (χ1v) is 3.89. The van der Waals surface area contributed by atoms with Crippen molar-refractivity contribution in [1.29, 1.82) is 0 Å². The van der Waals surface area contributed by atoms with E-state index in [1.165, 1.54) is 19.3 Å². The molecule has 0 aliphatic carbocycles. The van der Waals surface area contributed by atoms with Gasteiger partial charge >= 0.3 is 0 Å². The van der Waals surface area contributed by atoms with Crippen LogP contribution in [0.3, 0.4) is 0 Å². The average Bonchev–Trinajstić information content (AvgIpc) is 2.15. The first kappa shape index (κ1) is 9.74. The molecule has 0 unspecified atom stereocenters. The molecule has 1 N–H and O–H groups in total.